The number of anilines is 1. The number of likely N-dealkylation sites (tertiary alicyclic amines) is 1. The summed E-state index contributed by atoms with van der Waals surface area (Å²) < 4.78 is 10.2. The highest BCUT2D eigenvalue weighted by molar-refractivity contribution is 6.39. The molecule has 8 nitrogen and oxygen atoms in total. The van der Waals surface area contributed by atoms with Crippen LogP contribution in [0.1, 0.15) is 49.9 Å². The molecule has 1 saturated heterocycles. The number of carbonyl (C=O) groups excluding carboxylic acids is 4. The minimum atomic E-state index is -0.858. The molecular weight excluding hydrogens is 376 g/mol. The van der Waals surface area contributed by atoms with Gasteiger partial charge in [0.2, 0.25) is 0 Å². The van der Waals surface area contributed by atoms with Gasteiger partial charge in [-0.1, -0.05) is 25.5 Å². The summed E-state index contributed by atoms with van der Waals surface area (Å²) in [5.41, 5.74) is 0.402. The molecule has 1 fully saturated rings. The second-order valence-corrected chi connectivity index (χ2v) is 6.83. The van der Waals surface area contributed by atoms with Crippen LogP contribution < -0.4 is 5.32 Å². The lowest BCUT2D eigenvalue weighted by atomic mass is 9.98. The number of hydrogen-bond acceptors (Lipinski definition) is 6. The number of nitrogens with zero attached hydrogens (tertiary/aromatic N) is 1. The summed E-state index contributed by atoms with van der Waals surface area (Å²) in [6, 6.07) is 6.38. The van der Waals surface area contributed by atoms with Crippen molar-refractivity contribution in [2.24, 2.45) is 5.92 Å². The van der Waals surface area contributed by atoms with Crippen molar-refractivity contribution in [2.45, 2.75) is 39.5 Å². The van der Waals surface area contributed by atoms with Gasteiger partial charge in [-0.25, -0.2) is 4.79 Å². The second-order valence-electron chi connectivity index (χ2n) is 6.83. The van der Waals surface area contributed by atoms with Crippen molar-refractivity contribution in [2.75, 3.05) is 31.6 Å². The average molecular weight is 404 g/mol. The SMILES string of the molecule is CCCCOC(=O)c1ccccc1NC(=O)C(=O)N1CCCC(C(=O)OCC)C1. The van der Waals surface area contributed by atoms with Gasteiger partial charge >= 0.3 is 23.8 Å². The Bertz CT molecular complexity index is 748. The van der Waals surface area contributed by atoms with Crippen LogP contribution in [0.2, 0.25) is 0 Å². The molecule has 0 spiro atoms. The molecule has 0 aromatic heterocycles. The van der Waals surface area contributed by atoms with E-state index in [0.717, 1.165) is 12.8 Å². The van der Waals surface area contributed by atoms with Crippen molar-refractivity contribution < 1.29 is 28.7 Å². The van der Waals surface area contributed by atoms with Gasteiger partial charge in [-0.3, -0.25) is 14.4 Å². The van der Waals surface area contributed by atoms with E-state index in [4.69, 9.17) is 9.47 Å². The molecule has 1 atom stereocenters. The molecule has 1 aromatic rings. The molecule has 1 N–H and O–H groups in total. The zero-order valence-corrected chi connectivity index (χ0v) is 16.9. The molecule has 158 valence electrons. The van der Waals surface area contributed by atoms with Crippen LogP contribution in [0.15, 0.2) is 24.3 Å². The lowest BCUT2D eigenvalue weighted by Gasteiger charge is -2.31. The number of benzene rings is 1. The maximum Gasteiger partial charge on any atom is 0.340 e. The summed E-state index contributed by atoms with van der Waals surface area (Å²) in [5.74, 6) is -2.94. The molecule has 1 unspecified atom stereocenters. The molecular formula is C21H28N2O6. The van der Waals surface area contributed by atoms with Crippen LogP contribution in [0.3, 0.4) is 0 Å². The number of ether oxygens (including phenoxy) is 2. The first-order valence-electron chi connectivity index (χ1n) is 10.0. The fourth-order valence-electron chi connectivity index (χ4n) is 3.09. The molecule has 0 radical (unpaired) electrons. The summed E-state index contributed by atoms with van der Waals surface area (Å²) in [4.78, 5) is 50.6. The summed E-state index contributed by atoms with van der Waals surface area (Å²) in [5, 5.41) is 2.50. The van der Waals surface area contributed by atoms with Crippen LogP contribution in [0, 0.1) is 5.92 Å². The van der Waals surface area contributed by atoms with E-state index in [-0.39, 0.29) is 30.4 Å². The Morgan fingerprint density at radius 2 is 1.90 bits per heavy atom. The van der Waals surface area contributed by atoms with Crippen LogP contribution in [-0.4, -0.2) is 55.0 Å². The van der Waals surface area contributed by atoms with Crippen LogP contribution in [0.4, 0.5) is 5.69 Å². The highest BCUT2D eigenvalue weighted by atomic mass is 16.5. The third-order valence-corrected chi connectivity index (χ3v) is 4.65. The van der Waals surface area contributed by atoms with Crippen LogP contribution >= 0.6 is 0 Å². The number of esters is 2. The first-order chi connectivity index (χ1) is 14.0. The minimum absolute atomic E-state index is 0.145. The van der Waals surface area contributed by atoms with Gasteiger partial charge in [0.25, 0.3) is 0 Å². The Morgan fingerprint density at radius 1 is 1.14 bits per heavy atom. The molecule has 1 aromatic carbocycles. The Labute approximate surface area is 170 Å². The van der Waals surface area contributed by atoms with E-state index < -0.39 is 23.7 Å². The van der Waals surface area contributed by atoms with E-state index in [1.807, 2.05) is 6.92 Å². The number of unbranched alkanes of at least 4 members (excludes halogenated alkanes) is 1. The number of nitrogens with one attached hydrogen (secondary N) is 1. The Hall–Kier alpha value is -2.90. The zero-order chi connectivity index (χ0) is 21.2. The monoisotopic (exact) mass is 404 g/mol. The van der Waals surface area contributed by atoms with Gasteiger partial charge in [0.1, 0.15) is 0 Å². The van der Waals surface area contributed by atoms with Crippen molar-refractivity contribution in [1.82, 2.24) is 4.90 Å². The lowest BCUT2D eigenvalue weighted by molar-refractivity contribution is -0.153. The summed E-state index contributed by atoms with van der Waals surface area (Å²) in [6.45, 7) is 4.81. The highest BCUT2D eigenvalue weighted by Crippen LogP contribution is 2.20. The third kappa shape index (κ3) is 6.30. The van der Waals surface area contributed by atoms with Gasteiger partial charge in [-0.2, -0.15) is 0 Å². The Morgan fingerprint density at radius 3 is 2.62 bits per heavy atom. The first-order valence-corrected chi connectivity index (χ1v) is 10.0. The first kappa shape index (κ1) is 22.4. The number of carbonyl (C=O) groups is 4. The molecule has 8 heteroatoms. The predicted molar refractivity (Wildman–Crippen MR) is 106 cm³/mol. The number of para-hydroxylation sites is 1. The maximum absolute atomic E-state index is 12.6. The van der Waals surface area contributed by atoms with Crippen molar-refractivity contribution in [3.63, 3.8) is 0 Å². The van der Waals surface area contributed by atoms with E-state index >= 15 is 0 Å². The molecule has 29 heavy (non-hydrogen) atoms. The van der Waals surface area contributed by atoms with E-state index in [9.17, 15) is 19.2 Å². The number of piperidine rings is 1. The van der Waals surface area contributed by atoms with Gasteiger partial charge in [-0.05, 0) is 38.3 Å². The Kier molecular flexibility index (Phi) is 8.64. The molecule has 1 aliphatic heterocycles. The number of amides is 2. The van der Waals surface area contributed by atoms with Crippen molar-refractivity contribution >= 4 is 29.4 Å². The average Bonchev–Trinajstić information content (AvgIpc) is 2.74. The van der Waals surface area contributed by atoms with Gasteiger partial charge in [0, 0.05) is 13.1 Å². The summed E-state index contributed by atoms with van der Waals surface area (Å²) in [7, 11) is 0. The standard InChI is InChI=1S/C21H28N2O6/c1-3-5-13-29-21(27)16-10-6-7-11-17(16)22-18(24)19(25)23-12-8-9-15(14-23)20(26)28-4-2/h6-7,10-11,15H,3-5,8-9,12-14H2,1-2H3,(H,22,24). The summed E-state index contributed by atoms with van der Waals surface area (Å²) in [6.07, 6.45) is 2.87. The molecule has 2 amide bonds. The van der Waals surface area contributed by atoms with Gasteiger partial charge < -0.3 is 19.7 Å². The molecule has 0 bridgehead atoms. The van der Waals surface area contributed by atoms with E-state index in [2.05, 4.69) is 5.32 Å². The fraction of sp³-hybridized carbons (Fsp3) is 0.524. The molecule has 2 rings (SSSR count). The molecule has 0 aliphatic carbocycles. The normalized spacial score (nSPS) is 16.1. The van der Waals surface area contributed by atoms with E-state index in [1.165, 1.54) is 11.0 Å². The van der Waals surface area contributed by atoms with Gasteiger partial charge in [-0.15, -0.1) is 0 Å². The van der Waals surface area contributed by atoms with Crippen LogP contribution in [0.25, 0.3) is 0 Å². The van der Waals surface area contributed by atoms with E-state index in [0.29, 0.717) is 26.0 Å². The maximum atomic E-state index is 12.6. The van der Waals surface area contributed by atoms with Gasteiger partial charge in [0.15, 0.2) is 0 Å². The third-order valence-electron chi connectivity index (χ3n) is 4.65. The van der Waals surface area contributed by atoms with E-state index in [1.54, 1.807) is 25.1 Å². The zero-order valence-electron chi connectivity index (χ0n) is 16.9. The van der Waals surface area contributed by atoms with Gasteiger partial charge in [0.05, 0.1) is 30.4 Å². The Balaban J connectivity index is 2.01. The van der Waals surface area contributed by atoms with Crippen molar-refractivity contribution in [3.05, 3.63) is 29.8 Å². The quantitative estimate of drug-likeness (QED) is 0.425. The van der Waals surface area contributed by atoms with Crippen molar-refractivity contribution in [3.8, 4) is 0 Å². The second kappa shape index (κ2) is 11.2. The number of rotatable bonds is 7. The highest BCUT2D eigenvalue weighted by Gasteiger charge is 2.32. The lowest BCUT2D eigenvalue weighted by Crippen LogP contribution is -2.47. The van der Waals surface area contributed by atoms with Crippen LogP contribution in [-0.2, 0) is 23.9 Å². The topological polar surface area (TPSA) is 102 Å². The molecule has 0 saturated carbocycles. The molecule has 1 heterocycles. The number of hydrogen-bond donors (Lipinski definition) is 1. The minimum Gasteiger partial charge on any atom is -0.466 e. The largest absolute Gasteiger partial charge is 0.466 e. The van der Waals surface area contributed by atoms with Crippen LogP contribution in [0.5, 0.6) is 0 Å². The fourth-order valence-corrected chi connectivity index (χ4v) is 3.09. The predicted octanol–water partition coefficient (Wildman–Crippen LogP) is 2.38. The van der Waals surface area contributed by atoms with Crippen molar-refractivity contribution in [1.29, 1.82) is 0 Å². The smallest absolute Gasteiger partial charge is 0.340 e. The summed E-state index contributed by atoms with van der Waals surface area (Å²) >= 11 is 0. The molecule has 1 aliphatic rings.